The average molecular weight is 437 g/mol. The van der Waals surface area contributed by atoms with Crippen molar-refractivity contribution >= 4 is 22.9 Å². The minimum Gasteiger partial charge on any atom is -0.410 e. The van der Waals surface area contributed by atoms with E-state index in [4.69, 9.17) is 10.5 Å². The third-order valence-corrected chi connectivity index (χ3v) is 5.63. The number of aromatic nitrogens is 1. The Morgan fingerprint density at radius 3 is 3.00 bits per heavy atom. The van der Waals surface area contributed by atoms with Crippen LogP contribution in [0.4, 0.5) is 9.18 Å². The van der Waals surface area contributed by atoms with Gasteiger partial charge in [-0.3, -0.25) is 10.1 Å². The largest absolute Gasteiger partial charge is 0.417 e. The molecular formula is C23H24FN5O3. The molecule has 1 aromatic heterocycles. The molecule has 1 aliphatic heterocycles. The van der Waals surface area contributed by atoms with Gasteiger partial charge in [0.25, 0.3) is 0 Å². The molecule has 2 amide bonds. The van der Waals surface area contributed by atoms with Gasteiger partial charge in [0, 0.05) is 29.2 Å². The highest BCUT2D eigenvalue weighted by Crippen LogP contribution is 2.26. The number of nitriles is 1. The highest BCUT2D eigenvalue weighted by Gasteiger charge is 2.37. The molecule has 2 heterocycles. The Morgan fingerprint density at radius 1 is 1.41 bits per heavy atom. The molecule has 1 aromatic carbocycles. The molecule has 0 saturated carbocycles. The van der Waals surface area contributed by atoms with Gasteiger partial charge in [0.2, 0.25) is 5.91 Å². The Hall–Kier alpha value is -3.64. The number of fused-ring (bicyclic) bond motifs is 1. The number of carbonyl (C=O) groups is 2. The Bertz CT molecular complexity index is 1130. The van der Waals surface area contributed by atoms with Gasteiger partial charge in [-0.25, -0.2) is 9.18 Å². The summed E-state index contributed by atoms with van der Waals surface area (Å²) in [6.45, 7) is -0.114. The molecule has 1 saturated heterocycles. The maximum absolute atomic E-state index is 13.7. The fourth-order valence-corrected chi connectivity index (χ4v) is 4.03. The standard InChI is InChI=1S/C23H24FN5O3/c24-15-9-17(11-25)29(13-15)22(30)20(26)8-14-12-27-21-7-6-18(10-19(14)21)32-23(31)28-16-4-2-1-3-5-16/h2,4-7,10,12,15,17,20,27H,1,3,8-9,13,26H2,(H,28,31)/t15?,17?,20-/m0/s1. The summed E-state index contributed by atoms with van der Waals surface area (Å²) in [4.78, 5) is 29.2. The lowest BCUT2D eigenvalue weighted by atomic mass is 10.0. The first-order valence-corrected chi connectivity index (χ1v) is 10.5. The molecule has 3 atom stereocenters. The van der Waals surface area contributed by atoms with Gasteiger partial charge in [-0.1, -0.05) is 12.2 Å². The SMILES string of the molecule is N#CC1CC(F)CN1C(=O)[C@@H](N)Cc1c[nH]c2ccc(OC(=O)NC3=CCCC=C3)cc12. The molecule has 9 heteroatoms. The molecule has 8 nitrogen and oxygen atoms in total. The third kappa shape index (κ3) is 4.65. The minimum atomic E-state index is -1.21. The van der Waals surface area contributed by atoms with Crippen LogP contribution in [-0.4, -0.2) is 46.7 Å². The molecule has 1 fully saturated rings. The van der Waals surface area contributed by atoms with Crippen molar-refractivity contribution in [3.8, 4) is 11.8 Å². The maximum Gasteiger partial charge on any atom is 0.417 e. The van der Waals surface area contributed by atoms with Crippen molar-refractivity contribution in [3.05, 3.63) is 53.9 Å². The summed E-state index contributed by atoms with van der Waals surface area (Å²) < 4.78 is 19.1. The molecule has 2 aliphatic rings. The number of amides is 2. The molecule has 4 N–H and O–H groups in total. The second-order valence-corrected chi connectivity index (χ2v) is 7.95. The molecule has 0 bridgehead atoms. The van der Waals surface area contributed by atoms with E-state index in [1.165, 1.54) is 4.90 Å². The number of ether oxygens (including phenoxy) is 1. The van der Waals surface area contributed by atoms with E-state index in [9.17, 15) is 19.2 Å². The summed E-state index contributed by atoms with van der Waals surface area (Å²) in [5, 5.41) is 12.6. The molecule has 2 unspecified atom stereocenters. The maximum atomic E-state index is 13.7. The van der Waals surface area contributed by atoms with Crippen molar-refractivity contribution in [1.82, 2.24) is 15.2 Å². The number of likely N-dealkylation sites (tertiary alicyclic amines) is 1. The number of hydrogen-bond acceptors (Lipinski definition) is 5. The Morgan fingerprint density at radius 2 is 2.25 bits per heavy atom. The van der Waals surface area contributed by atoms with Gasteiger partial charge < -0.3 is 20.4 Å². The Kier molecular flexibility index (Phi) is 6.23. The molecular weight excluding hydrogens is 413 g/mol. The zero-order valence-corrected chi connectivity index (χ0v) is 17.4. The quantitative estimate of drug-likeness (QED) is 0.664. The molecule has 0 spiro atoms. The van der Waals surface area contributed by atoms with Crippen molar-refractivity contribution in [2.75, 3.05) is 6.54 Å². The number of allylic oxidation sites excluding steroid dienone is 3. The molecule has 32 heavy (non-hydrogen) atoms. The van der Waals surface area contributed by atoms with Crippen LogP contribution in [0.1, 0.15) is 24.8 Å². The van der Waals surface area contributed by atoms with Crippen molar-refractivity contribution in [1.29, 1.82) is 5.26 Å². The number of carbonyl (C=O) groups excluding carboxylic acids is 2. The number of nitrogens with two attached hydrogens (primary N) is 1. The zero-order valence-electron chi connectivity index (χ0n) is 17.4. The van der Waals surface area contributed by atoms with Gasteiger partial charge in [-0.05, 0) is 49.1 Å². The number of rotatable bonds is 5. The van der Waals surface area contributed by atoms with E-state index < -0.39 is 30.3 Å². The van der Waals surface area contributed by atoms with Crippen molar-refractivity contribution in [2.45, 2.75) is 43.9 Å². The monoisotopic (exact) mass is 437 g/mol. The summed E-state index contributed by atoms with van der Waals surface area (Å²) in [5.74, 6) is -0.105. The first-order chi connectivity index (χ1) is 15.4. The molecule has 166 valence electrons. The van der Waals surface area contributed by atoms with Gasteiger partial charge in [0.15, 0.2) is 0 Å². The number of nitrogens with zero attached hydrogens (tertiary/aromatic N) is 2. The highest BCUT2D eigenvalue weighted by molar-refractivity contribution is 5.88. The smallest absolute Gasteiger partial charge is 0.410 e. The van der Waals surface area contributed by atoms with Crippen LogP contribution in [-0.2, 0) is 11.2 Å². The molecule has 0 radical (unpaired) electrons. The van der Waals surface area contributed by atoms with E-state index in [2.05, 4.69) is 10.3 Å². The van der Waals surface area contributed by atoms with Crippen LogP contribution in [0.2, 0.25) is 0 Å². The van der Waals surface area contributed by atoms with Crippen LogP contribution in [0, 0.1) is 11.3 Å². The summed E-state index contributed by atoms with van der Waals surface area (Å²) in [7, 11) is 0. The average Bonchev–Trinajstić information content (AvgIpc) is 3.36. The number of benzene rings is 1. The number of halogens is 1. The lowest BCUT2D eigenvalue weighted by molar-refractivity contribution is -0.132. The number of H-pyrrole nitrogens is 1. The van der Waals surface area contributed by atoms with Crippen LogP contribution < -0.4 is 15.8 Å². The van der Waals surface area contributed by atoms with Crippen LogP contribution in [0.3, 0.4) is 0 Å². The van der Waals surface area contributed by atoms with E-state index in [0.717, 1.165) is 29.3 Å². The number of alkyl halides is 1. The fourth-order valence-electron chi connectivity index (χ4n) is 4.03. The summed E-state index contributed by atoms with van der Waals surface area (Å²) in [5.41, 5.74) is 8.37. The van der Waals surface area contributed by atoms with Crippen molar-refractivity contribution in [2.24, 2.45) is 5.73 Å². The van der Waals surface area contributed by atoms with Crippen LogP contribution in [0.15, 0.2) is 48.3 Å². The van der Waals surface area contributed by atoms with Gasteiger partial charge in [-0.2, -0.15) is 5.26 Å². The van der Waals surface area contributed by atoms with Gasteiger partial charge in [0.1, 0.15) is 18.0 Å². The minimum absolute atomic E-state index is 0.0114. The summed E-state index contributed by atoms with van der Waals surface area (Å²) >= 11 is 0. The van der Waals surface area contributed by atoms with Crippen LogP contribution >= 0.6 is 0 Å². The highest BCUT2D eigenvalue weighted by atomic mass is 19.1. The second-order valence-electron chi connectivity index (χ2n) is 7.95. The molecule has 1 aliphatic carbocycles. The van der Waals surface area contributed by atoms with Crippen LogP contribution in [0.25, 0.3) is 10.9 Å². The van der Waals surface area contributed by atoms with E-state index in [0.29, 0.717) is 11.4 Å². The molecule has 4 rings (SSSR count). The topological polar surface area (TPSA) is 124 Å². The van der Waals surface area contributed by atoms with Crippen molar-refractivity contribution in [3.63, 3.8) is 0 Å². The normalized spacial score (nSPS) is 21.2. The first kappa shape index (κ1) is 21.6. The summed E-state index contributed by atoms with van der Waals surface area (Å²) in [6, 6.07) is 5.39. The van der Waals surface area contributed by atoms with E-state index in [-0.39, 0.29) is 19.4 Å². The predicted octanol–water partition coefficient (Wildman–Crippen LogP) is 2.82. The lowest BCUT2D eigenvalue weighted by Gasteiger charge is -2.23. The predicted molar refractivity (Wildman–Crippen MR) is 116 cm³/mol. The number of aromatic amines is 1. The van der Waals surface area contributed by atoms with E-state index in [1.807, 2.05) is 24.3 Å². The van der Waals surface area contributed by atoms with E-state index >= 15 is 0 Å². The van der Waals surface area contributed by atoms with Gasteiger partial charge >= 0.3 is 6.09 Å². The fraction of sp³-hybridized carbons (Fsp3) is 0.348. The van der Waals surface area contributed by atoms with Gasteiger partial charge in [-0.15, -0.1) is 0 Å². The molecule has 2 aromatic rings. The Labute approximate surface area is 184 Å². The third-order valence-electron chi connectivity index (χ3n) is 5.63. The second kappa shape index (κ2) is 9.24. The summed E-state index contributed by atoms with van der Waals surface area (Å²) in [6.07, 6.45) is 7.68. The van der Waals surface area contributed by atoms with Crippen LogP contribution in [0.5, 0.6) is 5.75 Å². The lowest BCUT2D eigenvalue weighted by Crippen LogP contribution is -2.46. The van der Waals surface area contributed by atoms with Gasteiger partial charge in [0.05, 0.1) is 18.7 Å². The Balaban J connectivity index is 1.45. The number of hydrogen-bond donors (Lipinski definition) is 3. The number of nitrogens with one attached hydrogen (secondary N) is 2. The zero-order chi connectivity index (χ0) is 22.7. The van der Waals surface area contributed by atoms with Crippen molar-refractivity contribution < 1.29 is 18.7 Å². The first-order valence-electron chi connectivity index (χ1n) is 10.5. The van der Waals surface area contributed by atoms with E-state index in [1.54, 1.807) is 24.4 Å².